The number of rotatable bonds is 20. The van der Waals surface area contributed by atoms with Crippen molar-refractivity contribution in [3.05, 3.63) is 53.6 Å². The van der Waals surface area contributed by atoms with E-state index in [0.717, 1.165) is 37.1 Å². The van der Waals surface area contributed by atoms with Crippen LogP contribution in [0.5, 0.6) is 0 Å². The Morgan fingerprint density at radius 3 is 2.04 bits per heavy atom. The second-order valence-electron chi connectivity index (χ2n) is 14.8. The van der Waals surface area contributed by atoms with E-state index in [4.69, 9.17) is 20.6 Å². The predicted molar refractivity (Wildman–Crippen MR) is 187 cm³/mol. The Bertz CT molecular complexity index is 1720. The van der Waals surface area contributed by atoms with Crippen LogP contribution in [0.2, 0.25) is 0 Å². The van der Waals surface area contributed by atoms with E-state index >= 15 is 0 Å². The van der Waals surface area contributed by atoms with Crippen LogP contribution in [0, 0.1) is 5.41 Å². The van der Waals surface area contributed by atoms with Gasteiger partial charge in [0.25, 0.3) is 0 Å². The Balaban J connectivity index is 1.58. The summed E-state index contributed by atoms with van der Waals surface area (Å²) in [6.07, 6.45) is -19.3. The van der Waals surface area contributed by atoms with E-state index in [9.17, 15) is 44.3 Å². The van der Waals surface area contributed by atoms with Crippen molar-refractivity contribution in [2.75, 3.05) is 12.4 Å². The summed E-state index contributed by atoms with van der Waals surface area (Å²) in [5.41, 5.74) is 8.37. The summed E-state index contributed by atoms with van der Waals surface area (Å²) in [5, 5.41) is 0.424. The molecule has 0 aliphatic rings. The average molecular weight is 803 g/mol. The van der Waals surface area contributed by atoms with Gasteiger partial charge in [0.15, 0.2) is 0 Å². The molecule has 0 spiro atoms. The van der Waals surface area contributed by atoms with Crippen molar-refractivity contribution < 1.29 is 62.9 Å². The zero-order valence-corrected chi connectivity index (χ0v) is 31.7. The quantitative estimate of drug-likeness (QED) is 0.0382. The maximum absolute atomic E-state index is 14.4. The molecule has 1 unspecified atom stereocenters. The zero-order chi connectivity index (χ0) is 41.0. The summed E-state index contributed by atoms with van der Waals surface area (Å²) in [5.74, 6) is -1.64. The highest BCUT2D eigenvalue weighted by molar-refractivity contribution is 7.99. The molecule has 1 aromatic heterocycles. The van der Waals surface area contributed by atoms with Crippen molar-refractivity contribution in [2.24, 2.45) is 16.9 Å². The van der Waals surface area contributed by atoms with Crippen LogP contribution in [0.15, 0.2) is 51.8 Å². The van der Waals surface area contributed by atoms with Gasteiger partial charge in [-0.3, -0.25) is 4.79 Å². The van der Waals surface area contributed by atoms with Gasteiger partial charge in [-0.25, -0.2) is 9.47 Å². The molecule has 0 saturated heterocycles. The third-order valence-corrected chi connectivity index (χ3v) is 9.80. The molecule has 3 aromatic rings. The number of benzene rings is 2. The molecular formula is C37H47F9N2O5S. The van der Waals surface area contributed by atoms with Gasteiger partial charge in [-0.1, -0.05) is 31.9 Å². The highest BCUT2D eigenvalue weighted by Crippen LogP contribution is 2.42. The molecule has 0 saturated carbocycles. The minimum absolute atomic E-state index is 0.0641. The third-order valence-electron chi connectivity index (χ3n) is 8.80. The first-order valence-corrected chi connectivity index (χ1v) is 18.2. The second-order valence-corrected chi connectivity index (χ2v) is 15.9. The lowest BCUT2D eigenvalue weighted by Gasteiger charge is -2.42. The molecule has 0 radical (unpaired) electrons. The highest BCUT2D eigenvalue weighted by Gasteiger charge is 2.52. The molecule has 17 heteroatoms. The molecule has 1 atom stereocenters. The summed E-state index contributed by atoms with van der Waals surface area (Å²) in [4.78, 5) is 12.9. The van der Waals surface area contributed by atoms with E-state index in [2.05, 4.69) is 9.47 Å². The summed E-state index contributed by atoms with van der Waals surface area (Å²) < 4.78 is 145. The van der Waals surface area contributed by atoms with E-state index < -0.39 is 77.9 Å². The van der Waals surface area contributed by atoms with E-state index in [-0.39, 0.29) is 23.3 Å². The van der Waals surface area contributed by atoms with Crippen molar-refractivity contribution in [3.63, 3.8) is 0 Å². The van der Waals surface area contributed by atoms with Crippen molar-refractivity contribution in [3.8, 4) is 11.3 Å². The fraction of sp³-hybridized carbons (Fsp3) is 0.595. The van der Waals surface area contributed by atoms with Crippen LogP contribution >= 0.6 is 11.8 Å². The predicted octanol–water partition coefficient (Wildman–Crippen LogP) is 10.9. The fourth-order valence-electron chi connectivity index (χ4n) is 5.61. The number of carbonyl (C=O) groups excluding carboxylic acids is 1. The Hall–Kier alpha value is -2.99. The lowest BCUT2D eigenvalue weighted by Crippen LogP contribution is -2.59. The van der Waals surface area contributed by atoms with Gasteiger partial charge in [0.05, 0.1) is 24.0 Å². The second kappa shape index (κ2) is 17.0. The lowest BCUT2D eigenvalue weighted by atomic mass is 9.68. The van der Waals surface area contributed by atoms with E-state index in [1.54, 1.807) is 19.9 Å². The Morgan fingerprint density at radius 2 is 1.44 bits per heavy atom. The maximum atomic E-state index is 14.4. The van der Waals surface area contributed by atoms with E-state index in [1.165, 1.54) is 51.1 Å². The van der Waals surface area contributed by atoms with Crippen LogP contribution in [-0.4, -0.2) is 47.9 Å². The number of ether oxygens (including phenoxy) is 3. The normalized spacial score (nSPS) is 14.8. The van der Waals surface area contributed by atoms with Gasteiger partial charge in [0.2, 0.25) is 0 Å². The molecule has 2 aromatic carbocycles. The molecule has 7 nitrogen and oxygen atoms in total. The molecule has 1 heterocycles. The number of hydrogen-bond acceptors (Lipinski definition) is 8. The smallest absolute Gasteiger partial charge is 0.465 e. The van der Waals surface area contributed by atoms with Gasteiger partial charge in [0.1, 0.15) is 11.3 Å². The number of alkyl halides is 9. The molecule has 0 bridgehead atoms. The monoisotopic (exact) mass is 802 g/mol. The summed E-state index contributed by atoms with van der Waals surface area (Å²) in [6, 6.07) is 9.79. The number of carbonyl (C=O) groups is 1. The minimum Gasteiger partial charge on any atom is -0.465 e. The summed E-state index contributed by atoms with van der Waals surface area (Å²) in [6.45, 7) is 8.51. The van der Waals surface area contributed by atoms with Crippen molar-refractivity contribution in [2.45, 2.75) is 127 Å². The Labute approximate surface area is 312 Å². The molecule has 0 fully saturated rings. The number of thioether (sulfide) groups is 1. The van der Waals surface area contributed by atoms with Gasteiger partial charge in [-0.2, -0.15) is 30.7 Å². The first kappa shape index (κ1) is 45.4. The van der Waals surface area contributed by atoms with Crippen LogP contribution in [0.1, 0.15) is 91.2 Å². The maximum Gasteiger partial charge on any atom is 0.494 e. The topological polar surface area (TPSA) is 110 Å². The zero-order valence-electron chi connectivity index (χ0n) is 30.9. The first-order valence-electron chi connectivity index (χ1n) is 17.2. The van der Waals surface area contributed by atoms with Crippen molar-refractivity contribution in [1.82, 2.24) is 0 Å². The number of esters is 1. The molecule has 54 heavy (non-hydrogen) atoms. The number of halogens is 9. The minimum atomic E-state index is -5.45. The number of fused-ring (bicyclic) bond motifs is 1. The van der Waals surface area contributed by atoms with Crippen LogP contribution in [0.4, 0.5) is 39.5 Å². The summed E-state index contributed by atoms with van der Waals surface area (Å²) in [7, 11) is 0. The summed E-state index contributed by atoms with van der Waals surface area (Å²) >= 11 is 0.747. The molecular weight excluding hydrogens is 755 g/mol. The highest BCUT2D eigenvalue weighted by atomic mass is 32.2. The van der Waals surface area contributed by atoms with Gasteiger partial charge in [-0.15, -0.1) is 20.5 Å². The SMILES string of the molecule is CCCCCc1ccc(-c2cc3ccc(SCCC(F)(F)OC(F)(F)OC(F)(F)CCOC(=O)C(C)(C)C(C)(N)CC(C)(C)N)cc3o2)c(C(F)(F)F)c1. The fourth-order valence-corrected chi connectivity index (χ4v) is 6.54. The Kier molecular flexibility index (Phi) is 14.3. The average Bonchev–Trinajstić information content (AvgIpc) is 3.41. The van der Waals surface area contributed by atoms with E-state index in [0.29, 0.717) is 22.3 Å². The van der Waals surface area contributed by atoms with Gasteiger partial charge >= 0.3 is 30.7 Å². The Morgan fingerprint density at radius 1 is 0.815 bits per heavy atom. The number of furan rings is 1. The standard InChI is InChI=1S/C37H47F9N2O5S/c1-7-8-9-10-23-11-14-26(27(19-23)36(42,43)44)29-20-24-12-13-25(21-28(24)51-29)54-18-16-35(40,41)53-37(45,46)52-34(38,39)15-17-50-30(49)32(4,5)33(6,48)22-31(2,3)47/h11-14,19-21H,7-10,15-18,22,47-48H2,1-6H3. The number of unbranched alkanes of at least 4 members (excludes halogenated alkanes) is 2. The van der Waals surface area contributed by atoms with Crippen LogP contribution in [-0.2, 0) is 31.6 Å². The molecule has 0 aliphatic heterocycles. The van der Waals surface area contributed by atoms with E-state index in [1.807, 2.05) is 6.92 Å². The third kappa shape index (κ3) is 13.1. The number of nitrogens with two attached hydrogens (primary N) is 2. The number of aryl methyl sites for hydroxylation is 1. The number of hydrogen-bond donors (Lipinski definition) is 2. The van der Waals surface area contributed by atoms with Gasteiger partial charge in [-0.05, 0) is 89.8 Å². The van der Waals surface area contributed by atoms with Crippen molar-refractivity contribution in [1.29, 1.82) is 0 Å². The van der Waals surface area contributed by atoms with Crippen molar-refractivity contribution >= 4 is 28.7 Å². The largest absolute Gasteiger partial charge is 0.494 e. The molecule has 4 N–H and O–H groups in total. The van der Waals surface area contributed by atoms with Crippen LogP contribution < -0.4 is 11.5 Å². The molecule has 3 rings (SSSR count). The first-order chi connectivity index (χ1) is 24.6. The molecule has 304 valence electrons. The van der Waals surface area contributed by atoms with Gasteiger partial charge in [0, 0.05) is 39.1 Å². The lowest BCUT2D eigenvalue weighted by molar-refractivity contribution is -0.514. The molecule has 0 aliphatic carbocycles. The van der Waals surface area contributed by atoms with Crippen LogP contribution in [0.25, 0.3) is 22.3 Å². The van der Waals surface area contributed by atoms with Gasteiger partial charge < -0.3 is 20.6 Å². The molecule has 0 amide bonds. The van der Waals surface area contributed by atoms with Crippen LogP contribution in [0.3, 0.4) is 0 Å².